The summed E-state index contributed by atoms with van der Waals surface area (Å²) in [5.41, 5.74) is 0.936. The van der Waals surface area contributed by atoms with Crippen molar-refractivity contribution in [3.05, 3.63) is 78.3 Å². The van der Waals surface area contributed by atoms with Crippen LogP contribution in [0.2, 0.25) is 0 Å². The van der Waals surface area contributed by atoms with E-state index in [1.807, 2.05) is 41.3 Å². The van der Waals surface area contributed by atoms with Crippen LogP contribution in [-0.4, -0.2) is 33.9 Å². The van der Waals surface area contributed by atoms with Crippen molar-refractivity contribution < 1.29 is 19.1 Å². The quantitative estimate of drug-likeness (QED) is 0.636. The Morgan fingerprint density at radius 2 is 1.81 bits per heavy atom. The number of carbonyl (C=O) groups excluding carboxylic acids is 2. The summed E-state index contributed by atoms with van der Waals surface area (Å²) in [5, 5.41) is 13.1. The topological polar surface area (TPSA) is 86.0 Å². The van der Waals surface area contributed by atoms with Crippen LogP contribution in [0.15, 0.2) is 71.3 Å². The number of hydrogen-bond acceptors (Lipinski definition) is 5. The van der Waals surface area contributed by atoms with Gasteiger partial charge in [-0.25, -0.2) is 0 Å². The number of amides is 2. The Morgan fingerprint density at radius 3 is 2.55 bits per heavy atom. The highest BCUT2D eigenvalue weighted by Gasteiger charge is 2.43. The minimum Gasteiger partial charge on any atom is -0.508 e. The molecule has 160 valence electrons. The molecule has 0 aliphatic carbocycles. The summed E-state index contributed by atoms with van der Waals surface area (Å²) in [6.07, 6.45) is 1.59. The number of nitrogens with zero attached hydrogens (tertiary/aromatic N) is 2. The maximum absolute atomic E-state index is 13.5. The first-order chi connectivity index (χ1) is 14.9. The molecule has 0 saturated heterocycles. The molecule has 0 fully saturated rings. The van der Waals surface area contributed by atoms with Crippen molar-refractivity contribution in [2.75, 3.05) is 16.8 Å². The van der Waals surface area contributed by atoms with E-state index in [4.69, 9.17) is 4.42 Å². The van der Waals surface area contributed by atoms with Gasteiger partial charge in [0.25, 0.3) is 0 Å². The highest BCUT2D eigenvalue weighted by atomic mass is 16.3. The van der Waals surface area contributed by atoms with E-state index in [0.29, 0.717) is 35.8 Å². The molecule has 31 heavy (non-hydrogen) atoms. The first kappa shape index (κ1) is 20.7. The minimum absolute atomic E-state index is 0.0417. The standard InChI is InChI=1S/C24H25N3O4/c1-24(2)23(30)25-19-10-4-5-11-20(19)27(24)22(29)16-26(15-18-9-7-13-31-18)14-17-8-3-6-12-21(17)28/h3-13,28H,14-16H2,1-2H3,(H,25,30). The van der Waals surface area contributed by atoms with Crippen LogP contribution in [0.4, 0.5) is 11.4 Å². The maximum atomic E-state index is 13.5. The van der Waals surface area contributed by atoms with Crippen LogP contribution < -0.4 is 10.2 Å². The fraction of sp³-hybridized carbons (Fsp3) is 0.250. The summed E-state index contributed by atoms with van der Waals surface area (Å²) in [5.74, 6) is 0.425. The Kier molecular flexibility index (Phi) is 5.52. The molecule has 2 heterocycles. The fourth-order valence-corrected chi connectivity index (χ4v) is 3.84. The Balaban J connectivity index is 1.63. The second kappa shape index (κ2) is 8.28. The zero-order chi connectivity index (χ0) is 22.0. The van der Waals surface area contributed by atoms with Crippen LogP contribution in [0.3, 0.4) is 0 Å². The first-order valence-electron chi connectivity index (χ1n) is 10.1. The summed E-state index contributed by atoms with van der Waals surface area (Å²) in [6.45, 7) is 4.24. The van der Waals surface area contributed by atoms with Gasteiger partial charge in [-0.05, 0) is 44.2 Å². The number of para-hydroxylation sites is 3. The molecular formula is C24H25N3O4. The van der Waals surface area contributed by atoms with E-state index < -0.39 is 5.54 Å². The van der Waals surface area contributed by atoms with Gasteiger partial charge in [0.15, 0.2) is 0 Å². The summed E-state index contributed by atoms with van der Waals surface area (Å²) in [6, 6.07) is 18.0. The van der Waals surface area contributed by atoms with Gasteiger partial charge in [-0.3, -0.25) is 19.4 Å². The van der Waals surface area contributed by atoms with Gasteiger partial charge < -0.3 is 14.8 Å². The number of fused-ring (bicyclic) bond motifs is 1. The third-order valence-electron chi connectivity index (χ3n) is 5.46. The van der Waals surface area contributed by atoms with Gasteiger partial charge in [0.05, 0.1) is 30.7 Å². The van der Waals surface area contributed by atoms with Crippen molar-refractivity contribution in [3.63, 3.8) is 0 Å². The molecular weight excluding hydrogens is 394 g/mol. The van der Waals surface area contributed by atoms with Gasteiger partial charge in [-0.1, -0.05) is 30.3 Å². The molecule has 0 atom stereocenters. The number of furan rings is 1. The van der Waals surface area contributed by atoms with Gasteiger partial charge in [-0.15, -0.1) is 0 Å². The number of aromatic hydroxyl groups is 1. The van der Waals surface area contributed by atoms with Gasteiger partial charge in [-0.2, -0.15) is 0 Å². The predicted molar refractivity (Wildman–Crippen MR) is 118 cm³/mol. The largest absolute Gasteiger partial charge is 0.508 e. The van der Waals surface area contributed by atoms with E-state index in [2.05, 4.69) is 5.32 Å². The van der Waals surface area contributed by atoms with Crippen molar-refractivity contribution in [3.8, 4) is 5.75 Å². The van der Waals surface area contributed by atoms with Crippen molar-refractivity contribution in [2.45, 2.75) is 32.5 Å². The lowest BCUT2D eigenvalue weighted by atomic mass is 9.96. The number of carbonyl (C=O) groups is 2. The lowest BCUT2D eigenvalue weighted by Crippen LogP contribution is -2.60. The third kappa shape index (κ3) is 4.18. The number of anilines is 2. The van der Waals surface area contributed by atoms with E-state index in [0.717, 1.165) is 0 Å². The smallest absolute Gasteiger partial charge is 0.250 e. The number of phenolic OH excluding ortho intramolecular Hbond substituents is 1. The zero-order valence-corrected chi connectivity index (χ0v) is 17.5. The molecule has 2 N–H and O–H groups in total. The highest BCUT2D eigenvalue weighted by Crippen LogP contribution is 2.36. The number of hydrogen-bond donors (Lipinski definition) is 2. The number of rotatable bonds is 6. The molecule has 2 aromatic carbocycles. The van der Waals surface area contributed by atoms with E-state index in [9.17, 15) is 14.7 Å². The molecule has 0 spiro atoms. The molecule has 1 aromatic heterocycles. The SMILES string of the molecule is CC1(C)C(=O)Nc2ccccc2N1C(=O)CN(Cc1ccco1)Cc1ccccc1O. The second-order valence-electron chi connectivity index (χ2n) is 8.11. The van der Waals surface area contributed by atoms with E-state index in [1.165, 1.54) is 0 Å². The molecule has 3 aromatic rings. The van der Waals surface area contributed by atoms with Crippen LogP contribution in [-0.2, 0) is 22.7 Å². The monoisotopic (exact) mass is 419 g/mol. The van der Waals surface area contributed by atoms with Gasteiger partial charge >= 0.3 is 0 Å². The normalized spacial score (nSPS) is 14.9. The number of nitrogens with one attached hydrogen (secondary N) is 1. The van der Waals surface area contributed by atoms with Crippen molar-refractivity contribution in [2.24, 2.45) is 0 Å². The van der Waals surface area contributed by atoms with E-state index in [1.54, 1.807) is 49.3 Å². The van der Waals surface area contributed by atoms with Crippen LogP contribution in [0.5, 0.6) is 5.75 Å². The predicted octanol–water partition coefficient (Wildman–Crippen LogP) is 3.75. The summed E-state index contributed by atoms with van der Waals surface area (Å²) in [7, 11) is 0. The zero-order valence-electron chi connectivity index (χ0n) is 17.5. The maximum Gasteiger partial charge on any atom is 0.250 e. The molecule has 4 rings (SSSR count). The summed E-state index contributed by atoms with van der Waals surface area (Å²) < 4.78 is 5.48. The molecule has 2 amide bonds. The van der Waals surface area contributed by atoms with Gasteiger partial charge in [0.1, 0.15) is 17.0 Å². The lowest BCUT2D eigenvalue weighted by molar-refractivity contribution is -0.127. The lowest BCUT2D eigenvalue weighted by Gasteiger charge is -2.42. The molecule has 0 saturated carbocycles. The molecule has 0 radical (unpaired) electrons. The molecule has 1 aliphatic rings. The Morgan fingerprint density at radius 1 is 1.06 bits per heavy atom. The first-order valence-corrected chi connectivity index (χ1v) is 10.1. The molecule has 0 bridgehead atoms. The van der Waals surface area contributed by atoms with Crippen LogP contribution in [0.1, 0.15) is 25.2 Å². The Hall–Kier alpha value is -3.58. The molecule has 7 heteroatoms. The Bertz CT molecular complexity index is 1090. The van der Waals surface area contributed by atoms with E-state index in [-0.39, 0.29) is 24.1 Å². The number of phenols is 1. The second-order valence-corrected chi connectivity index (χ2v) is 8.11. The van der Waals surface area contributed by atoms with Crippen molar-refractivity contribution in [1.29, 1.82) is 0 Å². The minimum atomic E-state index is -1.04. The van der Waals surface area contributed by atoms with Crippen LogP contribution in [0, 0.1) is 0 Å². The van der Waals surface area contributed by atoms with Gasteiger partial charge in [0.2, 0.25) is 11.8 Å². The average Bonchev–Trinajstić information content (AvgIpc) is 3.23. The molecule has 0 unspecified atom stereocenters. The fourth-order valence-electron chi connectivity index (χ4n) is 3.84. The average molecular weight is 419 g/mol. The summed E-state index contributed by atoms with van der Waals surface area (Å²) in [4.78, 5) is 29.7. The van der Waals surface area contributed by atoms with Crippen molar-refractivity contribution >= 4 is 23.2 Å². The van der Waals surface area contributed by atoms with Gasteiger partial charge in [0, 0.05) is 12.1 Å². The van der Waals surface area contributed by atoms with Crippen LogP contribution >= 0.6 is 0 Å². The number of benzene rings is 2. The van der Waals surface area contributed by atoms with Crippen LogP contribution in [0.25, 0.3) is 0 Å². The Labute approximate surface area is 180 Å². The molecule has 7 nitrogen and oxygen atoms in total. The summed E-state index contributed by atoms with van der Waals surface area (Å²) >= 11 is 0. The molecule has 1 aliphatic heterocycles. The van der Waals surface area contributed by atoms with E-state index >= 15 is 0 Å². The third-order valence-corrected chi connectivity index (χ3v) is 5.46. The van der Waals surface area contributed by atoms with Crippen molar-refractivity contribution in [1.82, 2.24) is 4.90 Å². The highest BCUT2D eigenvalue weighted by molar-refractivity contribution is 6.14.